The molecular formula is C26H26F3N7O2. The number of carbonyl (C=O) groups excluding carboxylic acids is 1. The number of carbonyl (C=O) groups is 1. The first kappa shape index (κ1) is 26.5. The Bertz CT molecular complexity index is 1440. The Morgan fingerprint density at radius 1 is 1.11 bits per heavy atom. The topological polar surface area (TPSA) is 99.3 Å². The number of benzene rings is 2. The number of ether oxygens (including phenoxy) is 1. The molecule has 4 aromatic rings. The smallest absolute Gasteiger partial charge is 0.405 e. The number of aryl methyl sites for hydroxylation is 1. The molecule has 9 nitrogen and oxygen atoms in total. The number of H-pyrrole nitrogens is 1. The van der Waals surface area contributed by atoms with Crippen molar-refractivity contribution in [1.82, 2.24) is 19.9 Å². The zero-order valence-corrected chi connectivity index (χ0v) is 21.2. The minimum absolute atomic E-state index is 0.214. The van der Waals surface area contributed by atoms with E-state index in [-0.39, 0.29) is 17.9 Å². The van der Waals surface area contributed by atoms with Gasteiger partial charge in [-0.1, -0.05) is 24.3 Å². The molecule has 0 fully saturated rings. The van der Waals surface area contributed by atoms with E-state index >= 15 is 0 Å². The van der Waals surface area contributed by atoms with E-state index in [9.17, 15) is 18.0 Å². The summed E-state index contributed by atoms with van der Waals surface area (Å²) in [6.07, 6.45) is -0.984. The third-order valence-corrected chi connectivity index (χ3v) is 5.73. The molecule has 0 aliphatic heterocycles. The third kappa shape index (κ3) is 5.85. The summed E-state index contributed by atoms with van der Waals surface area (Å²) in [4.78, 5) is 31.8. The van der Waals surface area contributed by atoms with Gasteiger partial charge in [-0.05, 0) is 30.7 Å². The van der Waals surface area contributed by atoms with Crippen LogP contribution in [-0.4, -0.2) is 53.9 Å². The molecule has 2 N–H and O–H groups in total. The van der Waals surface area contributed by atoms with Crippen LogP contribution in [-0.2, 0) is 11.3 Å². The molecule has 2 aromatic heterocycles. The van der Waals surface area contributed by atoms with Crippen LogP contribution < -0.4 is 19.9 Å². The molecule has 0 aliphatic rings. The molecule has 1 amide bonds. The van der Waals surface area contributed by atoms with Crippen molar-refractivity contribution in [2.75, 3.05) is 36.3 Å². The lowest BCUT2D eigenvalue weighted by atomic mass is 10.1. The molecule has 0 unspecified atom stereocenters. The van der Waals surface area contributed by atoms with Crippen molar-refractivity contribution < 1.29 is 22.7 Å². The summed E-state index contributed by atoms with van der Waals surface area (Å²) in [5.74, 6) is 1.21. The van der Waals surface area contributed by atoms with Gasteiger partial charge in [0.1, 0.15) is 17.4 Å². The van der Waals surface area contributed by atoms with Crippen LogP contribution in [0, 0.1) is 6.92 Å². The van der Waals surface area contributed by atoms with E-state index < -0.39 is 6.36 Å². The number of alkyl halides is 3. The number of hydrogen-bond acceptors (Lipinski definition) is 7. The number of nitrogens with one attached hydrogen (secondary N) is 2. The number of halogens is 3. The zero-order valence-electron chi connectivity index (χ0n) is 21.2. The van der Waals surface area contributed by atoms with Crippen molar-refractivity contribution in [3.8, 4) is 28.4 Å². The molecular weight excluding hydrogens is 499 g/mol. The molecule has 0 aliphatic carbocycles. The van der Waals surface area contributed by atoms with Gasteiger partial charge in [0, 0.05) is 49.7 Å². The van der Waals surface area contributed by atoms with Crippen molar-refractivity contribution in [3.05, 3.63) is 66.0 Å². The van der Waals surface area contributed by atoms with Crippen LogP contribution in [0.5, 0.6) is 5.75 Å². The van der Waals surface area contributed by atoms with Gasteiger partial charge in [0.2, 0.25) is 12.4 Å². The third-order valence-electron chi connectivity index (χ3n) is 5.73. The highest BCUT2D eigenvalue weighted by Crippen LogP contribution is 2.34. The van der Waals surface area contributed by atoms with E-state index in [1.807, 2.05) is 38.1 Å². The Morgan fingerprint density at radius 3 is 2.55 bits per heavy atom. The largest absolute Gasteiger partial charge is 0.573 e. The van der Waals surface area contributed by atoms with E-state index in [1.54, 1.807) is 30.3 Å². The first-order chi connectivity index (χ1) is 18.1. The SMILES string of the molecule is CNc1ncc(CN(C=O)c2cc(-c3ncc(-c4ccccc4OC(F)(F)F)[nH]3)ccc2C)c(N(C)C)n1. The molecule has 38 heavy (non-hydrogen) atoms. The summed E-state index contributed by atoms with van der Waals surface area (Å²) in [5, 5.41) is 2.91. The highest BCUT2D eigenvalue weighted by Gasteiger charge is 2.32. The van der Waals surface area contributed by atoms with Crippen LogP contribution in [0.4, 0.5) is 30.6 Å². The molecule has 12 heteroatoms. The van der Waals surface area contributed by atoms with Crippen molar-refractivity contribution in [2.24, 2.45) is 0 Å². The predicted molar refractivity (Wildman–Crippen MR) is 139 cm³/mol. The van der Waals surface area contributed by atoms with E-state index in [0.29, 0.717) is 34.5 Å². The molecule has 0 bridgehead atoms. The number of aromatic nitrogens is 4. The predicted octanol–water partition coefficient (Wildman–Crippen LogP) is 5.01. The van der Waals surface area contributed by atoms with Crippen molar-refractivity contribution in [3.63, 3.8) is 0 Å². The van der Waals surface area contributed by atoms with Gasteiger partial charge < -0.3 is 24.8 Å². The fraction of sp³-hybridized carbons (Fsp3) is 0.231. The number of hydrogen-bond donors (Lipinski definition) is 2. The Hall–Kier alpha value is -4.61. The average molecular weight is 526 g/mol. The monoisotopic (exact) mass is 525 g/mol. The first-order valence-corrected chi connectivity index (χ1v) is 11.5. The summed E-state index contributed by atoms with van der Waals surface area (Å²) in [6, 6.07) is 11.3. The lowest BCUT2D eigenvalue weighted by Crippen LogP contribution is -2.24. The number of imidazole rings is 1. The second kappa shape index (κ2) is 10.8. The number of para-hydroxylation sites is 1. The van der Waals surface area contributed by atoms with Crippen LogP contribution >= 0.6 is 0 Å². The first-order valence-electron chi connectivity index (χ1n) is 11.5. The van der Waals surface area contributed by atoms with Crippen LogP contribution in [0.2, 0.25) is 0 Å². The van der Waals surface area contributed by atoms with Crippen molar-refractivity contribution in [2.45, 2.75) is 19.8 Å². The van der Waals surface area contributed by atoms with Crippen LogP contribution in [0.3, 0.4) is 0 Å². The van der Waals surface area contributed by atoms with E-state index in [1.165, 1.54) is 24.4 Å². The lowest BCUT2D eigenvalue weighted by Gasteiger charge is -2.23. The maximum Gasteiger partial charge on any atom is 0.573 e. The average Bonchev–Trinajstić information content (AvgIpc) is 3.37. The van der Waals surface area contributed by atoms with Crippen LogP contribution in [0.15, 0.2) is 54.9 Å². The second-order valence-corrected chi connectivity index (χ2v) is 8.61. The summed E-state index contributed by atoms with van der Waals surface area (Å²) < 4.78 is 42.8. The molecule has 4 rings (SSSR count). The normalized spacial score (nSPS) is 11.2. The van der Waals surface area contributed by atoms with E-state index in [0.717, 1.165) is 17.5 Å². The Balaban J connectivity index is 1.66. The fourth-order valence-corrected chi connectivity index (χ4v) is 3.95. The van der Waals surface area contributed by atoms with Gasteiger partial charge in [-0.3, -0.25) is 4.79 Å². The van der Waals surface area contributed by atoms with Gasteiger partial charge >= 0.3 is 6.36 Å². The van der Waals surface area contributed by atoms with E-state index in [4.69, 9.17) is 0 Å². The molecule has 2 aromatic carbocycles. The molecule has 2 heterocycles. The van der Waals surface area contributed by atoms with Gasteiger partial charge in [0.05, 0.1) is 18.4 Å². The summed E-state index contributed by atoms with van der Waals surface area (Å²) in [7, 11) is 5.44. The van der Waals surface area contributed by atoms with Crippen molar-refractivity contribution in [1.29, 1.82) is 0 Å². The number of nitrogens with zero attached hydrogens (tertiary/aromatic N) is 5. The minimum Gasteiger partial charge on any atom is -0.405 e. The standard InChI is InChI=1S/C26H26F3N7O2/c1-16-9-10-17(23-31-13-20(33-23)19-7-5-6-8-22(19)38-26(27,28)29)11-21(16)36(15-37)14-18-12-32-25(30-2)34-24(18)35(3)4/h5-13,15H,14H2,1-4H3,(H,31,33)(H,30,32,34). The number of amides is 1. The zero-order chi connectivity index (χ0) is 27.4. The lowest BCUT2D eigenvalue weighted by molar-refractivity contribution is -0.274. The molecule has 0 saturated heterocycles. The maximum absolute atomic E-state index is 12.9. The Morgan fingerprint density at radius 2 is 1.87 bits per heavy atom. The highest BCUT2D eigenvalue weighted by molar-refractivity contribution is 5.80. The minimum atomic E-state index is -4.83. The van der Waals surface area contributed by atoms with Gasteiger partial charge in [-0.15, -0.1) is 13.2 Å². The van der Waals surface area contributed by atoms with Gasteiger partial charge in [0.25, 0.3) is 0 Å². The van der Waals surface area contributed by atoms with Gasteiger partial charge in [0.15, 0.2) is 0 Å². The van der Waals surface area contributed by atoms with Crippen LogP contribution in [0.1, 0.15) is 11.1 Å². The van der Waals surface area contributed by atoms with Crippen LogP contribution in [0.25, 0.3) is 22.6 Å². The Labute approximate surface area is 217 Å². The molecule has 0 atom stereocenters. The number of aromatic amines is 1. The van der Waals surface area contributed by atoms with Crippen molar-refractivity contribution >= 4 is 23.9 Å². The Kier molecular flexibility index (Phi) is 7.51. The van der Waals surface area contributed by atoms with Gasteiger partial charge in [-0.2, -0.15) is 4.98 Å². The second-order valence-electron chi connectivity index (χ2n) is 8.61. The highest BCUT2D eigenvalue weighted by atomic mass is 19.4. The molecule has 0 saturated carbocycles. The number of rotatable bonds is 9. The summed E-state index contributed by atoms with van der Waals surface area (Å²) >= 11 is 0. The maximum atomic E-state index is 12.9. The molecule has 0 radical (unpaired) electrons. The molecule has 198 valence electrons. The summed E-state index contributed by atoms with van der Waals surface area (Å²) in [5.41, 5.74) is 3.44. The molecule has 0 spiro atoms. The number of anilines is 3. The fourth-order valence-electron chi connectivity index (χ4n) is 3.95. The van der Waals surface area contributed by atoms with E-state index in [2.05, 4.69) is 30.0 Å². The quantitative estimate of drug-likeness (QED) is 0.296. The van der Waals surface area contributed by atoms with Gasteiger partial charge in [-0.25, -0.2) is 9.97 Å². The summed E-state index contributed by atoms with van der Waals surface area (Å²) in [6.45, 7) is 2.10.